The molecule has 1 aliphatic heterocycles. The van der Waals surface area contributed by atoms with Crippen LogP contribution in [0.3, 0.4) is 0 Å². The number of carbonyl (C=O) groups is 1. The zero-order chi connectivity index (χ0) is 20.1. The predicted octanol–water partition coefficient (Wildman–Crippen LogP) is 3.09. The Hall–Kier alpha value is -2.53. The highest BCUT2D eigenvalue weighted by Gasteiger charge is 2.30. The number of anilines is 1. The first-order valence-corrected chi connectivity index (χ1v) is 10.2. The van der Waals surface area contributed by atoms with Crippen LogP contribution in [0.25, 0.3) is 0 Å². The van der Waals surface area contributed by atoms with E-state index in [0.29, 0.717) is 13.2 Å². The van der Waals surface area contributed by atoms with Crippen molar-refractivity contribution < 1.29 is 19.6 Å². The molecule has 0 radical (unpaired) electrons. The van der Waals surface area contributed by atoms with Gasteiger partial charge in [0.2, 0.25) is 0 Å². The highest BCUT2D eigenvalue weighted by molar-refractivity contribution is 5.97. The Bertz CT molecular complexity index is 821. The molecule has 3 rings (SSSR count). The molecule has 2 aromatic rings. The lowest BCUT2D eigenvalue weighted by molar-refractivity contribution is -0.710. The molecule has 0 bridgehead atoms. The number of benzene rings is 2. The normalized spacial score (nSPS) is 15.1. The highest BCUT2D eigenvalue weighted by atomic mass is 16.5. The number of carbonyl (C=O) groups excluding carboxylic acids is 1. The summed E-state index contributed by atoms with van der Waals surface area (Å²) in [4.78, 5) is 15.0. The fraction of sp³-hybridized carbons (Fsp3) is 0.435. The SMILES string of the molecule is CCOc1ccc([C@@H](C)[NH2+][C@H](C)C(=O)N2CCc3ccccc32)cc1OCC. The molecule has 150 valence electrons. The van der Waals surface area contributed by atoms with E-state index in [0.717, 1.165) is 35.7 Å². The Balaban J connectivity index is 1.69. The maximum absolute atomic E-state index is 13.0. The van der Waals surface area contributed by atoms with Crippen molar-refractivity contribution in [2.45, 2.75) is 46.2 Å². The summed E-state index contributed by atoms with van der Waals surface area (Å²) in [5.41, 5.74) is 3.43. The molecule has 2 aromatic carbocycles. The summed E-state index contributed by atoms with van der Waals surface area (Å²) in [7, 11) is 0. The van der Waals surface area contributed by atoms with Crippen LogP contribution in [0.2, 0.25) is 0 Å². The number of fused-ring (bicyclic) bond motifs is 1. The molecular formula is C23H31N2O3+. The van der Waals surface area contributed by atoms with Crippen molar-refractivity contribution in [3.63, 3.8) is 0 Å². The number of hydrogen-bond donors (Lipinski definition) is 1. The van der Waals surface area contributed by atoms with E-state index in [9.17, 15) is 4.79 Å². The largest absolute Gasteiger partial charge is 0.490 e. The molecule has 0 saturated heterocycles. The molecule has 5 nitrogen and oxygen atoms in total. The van der Waals surface area contributed by atoms with Gasteiger partial charge in [-0.05, 0) is 63.9 Å². The lowest BCUT2D eigenvalue weighted by Gasteiger charge is -2.23. The van der Waals surface area contributed by atoms with E-state index in [1.54, 1.807) is 0 Å². The van der Waals surface area contributed by atoms with E-state index >= 15 is 0 Å². The fourth-order valence-corrected chi connectivity index (χ4v) is 3.79. The van der Waals surface area contributed by atoms with Crippen LogP contribution in [0.5, 0.6) is 11.5 Å². The van der Waals surface area contributed by atoms with E-state index in [1.807, 2.05) is 56.0 Å². The van der Waals surface area contributed by atoms with Gasteiger partial charge >= 0.3 is 0 Å². The van der Waals surface area contributed by atoms with Crippen LogP contribution in [0.15, 0.2) is 42.5 Å². The molecular weight excluding hydrogens is 352 g/mol. The van der Waals surface area contributed by atoms with Crippen LogP contribution < -0.4 is 19.7 Å². The average molecular weight is 384 g/mol. The van der Waals surface area contributed by atoms with E-state index in [2.05, 4.69) is 24.4 Å². The average Bonchev–Trinajstić information content (AvgIpc) is 3.13. The van der Waals surface area contributed by atoms with Gasteiger partial charge in [0.1, 0.15) is 6.04 Å². The van der Waals surface area contributed by atoms with Crippen LogP contribution >= 0.6 is 0 Å². The quantitative estimate of drug-likeness (QED) is 0.762. The summed E-state index contributed by atoms with van der Waals surface area (Å²) in [6, 6.07) is 14.2. The number of hydrogen-bond acceptors (Lipinski definition) is 3. The summed E-state index contributed by atoms with van der Waals surface area (Å²) in [6.45, 7) is 9.98. The third-order valence-electron chi connectivity index (χ3n) is 5.21. The number of para-hydroxylation sites is 1. The minimum absolute atomic E-state index is 0.131. The van der Waals surface area contributed by atoms with Gasteiger partial charge in [0.15, 0.2) is 17.5 Å². The van der Waals surface area contributed by atoms with Crippen LogP contribution in [0, 0.1) is 0 Å². The summed E-state index contributed by atoms with van der Waals surface area (Å²) < 4.78 is 11.4. The van der Waals surface area contributed by atoms with E-state index in [1.165, 1.54) is 5.56 Å². The topological polar surface area (TPSA) is 55.4 Å². The smallest absolute Gasteiger partial charge is 0.284 e. The number of nitrogens with zero attached hydrogens (tertiary/aromatic N) is 1. The van der Waals surface area contributed by atoms with E-state index in [-0.39, 0.29) is 18.0 Å². The van der Waals surface area contributed by atoms with Gasteiger partial charge in [0.05, 0.1) is 13.2 Å². The van der Waals surface area contributed by atoms with Crippen molar-refractivity contribution in [3.05, 3.63) is 53.6 Å². The van der Waals surface area contributed by atoms with Crippen molar-refractivity contribution in [2.24, 2.45) is 0 Å². The zero-order valence-corrected chi connectivity index (χ0v) is 17.3. The Labute approximate surface area is 167 Å². The second-order valence-electron chi connectivity index (χ2n) is 7.21. The van der Waals surface area contributed by atoms with Crippen molar-refractivity contribution >= 4 is 11.6 Å². The summed E-state index contributed by atoms with van der Waals surface area (Å²) in [5, 5.41) is 2.12. The van der Waals surface area contributed by atoms with E-state index < -0.39 is 0 Å². The fourth-order valence-electron chi connectivity index (χ4n) is 3.79. The zero-order valence-electron chi connectivity index (χ0n) is 17.3. The van der Waals surface area contributed by atoms with Crippen LogP contribution in [0.4, 0.5) is 5.69 Å². The Morgan fingerprint density at radius 3 is 2.54 bits per heavy atom. The number of amides is 1. The highest BCUT2D eigenvalue weighted by Crippen LogP contribution is 2.30. The van der Waals surface area contributed by atoms with Gasteiger partial charge in [-0.15, -0.1) is 0 Å². The molecule has 0 fully saturated rings. The van der Waals surface area contributed by atoms with Crippen LogP contribution in [0.1, 0.15) is 44.9 Å². The molecule has 0 unspecified atom stereocenters. The maximum atomic E-state index is 13.0. The molecule has 1 heterocycles. The van der Waals surface area contributed by atoms with Gasteiger partial charge < -0.3 is 19.7 Å². The molecule has 1 aliphatic rings. The number of nitrogens with two attached hydrogens (primary N) is 1. The summed E-state index contributed by atoms with van der Waals surface area (Å²) in [6.07, 6.45) is 0.931. The lowest BCUT2D eigenvalue weighted by atomic mass is 10.1. The Morgan fingerprint density at radius 1 is 1.07 bits per heavy atom. The molecule has 28 heavy (non-hydrogen) atoms. The molecule has 2 N–H and O–H groups in total. The van der Waals surface area contributed by atoms with Gasteiger partial charge in [0, 0.05) is 17.8 Å². The third kappa shape index (κ3) is 4.30. The van der Waals surface area contributed by atoms with Gasteiger partial charge in [-0.3, -0.25) is 4.79 Å². The molecule has 5 heteroatoms. The molecule has 1 amide bonds. The second-order valence-corrected chi connectivity index (χ2v) is 7.21. The summed E-state index contributed by atoms with van der Waals surface area (Å²) >= 11 is 0. The first kappa shape index (κ1) is 20.2. The van der Waals surface area contributed by atoms with Crippen molar-refractivity contribution in [1.82, 2.24) is 0 Å². The Kier molecular flexibility index (Phi) is 6.57. The Morgan fingerprint density at radius 2 is 1.79 bits per heavy atom. The predicted molar refractivity (Wildman–Crippen MR) is 111 cm³/mol. The first-order chi connectivity index (χ1) is 13.5. The number of rotatable bonds is 8. The summed E-state index contributed by atoms with van der Waals surface area (Å²) in [5.74, 6) is 1.68. The standard InChI is InChI=1S/C23H30N2O3/c1-5-27-21-12-11-19(15-22(21)28-6-2)16(3)24-17(4)23(26)25-14-13-18-9-7-8-10-20(18)25/h7-12,15-17,24H,5-6,13-14H2,1-4H3/p+1/t16-,17-/m1/s1. The monoisotopic (exact) mass is 383 g/mol. The lowest BCUT2D eigenvalue weighted by Crippen LogP contribution is -2.92. The molecule has 0 aliphatic carbocycles. The van der Waals surface area contributed by atoms with Gasteiger partial charge in [-0.25, -0.2) is 0 Å². The number of quaternary nitrogens is 1. The minimum Gasteiger partial charge on any atom is -0.490 e. The van der Waals surface area contributed by atoms with Gasteiger partial charge in [-0.2, -0.15) is 0 Å². The van der Waals surface area contributed by atoms with Crippen molar-refractivity contribution in [1.29, 1.82) is 0 Å². The van der Waals surface area contributed by atoms with Crippen molar-refractivity contribution in [3.8, 4) is 11.5 Å². The van der Waals surface area contributed by atoms with Crippen molar-refractivity contribution in [2.75, 3.05) is 24.7 Å². The van der Waals surface area contributed by atoms with E-state index in [4.69, 9.17) is 9.47 Å². The molecule has 0 aromatic heterocycles. The maximum Gasteiger partial charge on any atom is 0.284 e. The number of ether oxygens (including phenoxy) is 2. The van der Waals surface area contributed by atoms with Gasteiger partial charge in [-0.1, -0.05) is 18.2 Å². The van der Waals surface area contributed by atoms with Crippen LogP contribution in [-0.2, 0) is 11.2 Å². The van der Waals surface area contributed by atoms with Gasteiger partial charge in [0.25, 0.3) is 5.91 Å². The molecule has 2 atom stereocenters. The second kappa shape index (κ2) is 9.11. The first-order valence-electron chi connectivity index (χ1n) is 10.2. The molecule has 0 spiro atoms. The third-order valence-corrected chi connectivity index (χ3v) is 5.21. The minimum atomic E-state index is -0.164. The van der Waals surface area contributed by atoms with Crippen LogP contribution in [-0.4, -0.2) is 31.7 Å². The molecule has 0 saturated carbocycles.